The Balaban J connectivity index is 1.54. The lowest BCUT2D eigenvalue weighted by molar-refractivity contribution is -0.122. The van der Waals surface area contributed by atoms with Gasteiger partial charge in [0, 0.05) is 35.0 Å². The lowest BCUT2D eigenvalue weighted by atomic mass is 10.1. The molecule has 1 aromatic heterocycles. The molecule has 1 aliphatic rings. The Morgan fingerprint density at radius 3 is 2.61 bits per heavy atom. The fourth-order valence-electron chi connectivity index (χ4n) is 4.13. The van der Waals surface area contributed by atoms with Crippen LogP contribution >= 0.6 is 0 Å². The monoisotopic (exact) mass is 420 g/mol. The van der Waals surface area contributed by atoms with E-state index in [1.165, 1.54) is 0 Å². The van der Waals surface area contributed by atoms with Crippen molar-refractivity contribution >= 4 is 22.6 Å². The second-order valence-corrected chi connectivity index (χ2v) is 7.89. The van der Waals surface area contributed by atoms with E-state index in [1.54, 1.807) is 0 Å². The summed E-state index contributed by atoms with van der Waals surface area (Å²) >= 11 is 0. The molecule has 162 valence electrons. The van der Waals surface area contributed by atoms with Crippen molar-refractivity contribution in [3.05, 3.63) is 59.3 Å². The van der Waals surface area contributed by atoms with E-state index in [4.69, 9.17) is 9.47 Å². The molecule has 4 rings (SSSR count). The smallest absolute Gasteiger partial charge is 0.240 e. The fourth-order valence-corrected chi connectivity index (χ4v) is 4.13. The van der Waals surface area contributed by atoms with Crippen LogP contribution in [-0.2, 0) is 11.3 Å². The third-order valence-corrected chi connectivity index (χ3v) is 5.78. The standard InChI is InChI=1S/C25H28N2O4/c1-4-21(28)25-17(3)27(20-9-6-5-8-19(20)25)15-24(29)26-16(2)18-10-11-22-23(14-18)31-13-7-12-30-22/h5-6,8-11,14,16H,4,7,12-13,15H2,1-3H3,(H,26,29). The van der Waals surface area contributed by atoms with E-state index in [2.05, 4.69) is 5.32 Å². The molecule has 6 nitrogen and oxygen atoms in total. The van der Waals surface area contributed by atoms with Gasteiger partial charge in [0.25, 0.3) is 0 Å². The molecule has 31 heavy (non-hydrogen) atoms. The summed E-state index contributed by atoms with van der Waals surface area (Å²) in [6, 6.07) is 13.3. The Morgan fingerprint density at radius 2 is 1.84 bits per heavy atom. The van der Waals surface area contributed by atoms with Gasteiger partial charge in [0.05, 0.1) is 19.3 Å². The summed E-state index contributed by atoms with van der Waals surface area (Å²) in [7, 11) is 0. The Kier molecular flexibility index (Phi) is 5.98. The number of carbonyl (C=O) groups is 2. The van der Waals surface area contributed by atoms with Gasteiger partial charge in [-0.05, 0) is 37.6 Å². The van der Waals surface area contributed by atoms with E-state index >= 15 is 0 Å². The molecule has 0 bridgehead atoms. The highest BCUT2D eigenvalue weighted by atomic mass is 16.5. The molecule has 0 radical (unpaired) electrons. The van der Waals surface area contributed by atoms with E-state index in [-0.39, 0.29) is 24.3 Å². The summed E-state index contributed by atoms with van der Waals surface area (Å²) in [4.78, 5) is 25.4. The number of rotatable bonds is 6. The summed E-state index contributed by atoms with van der Waals surface area (Å²) in [5.74, 6) is 1.43. The first-order valence-corrected chi connectivity index (χ1v) is 10.8. The third kappa shape index (κ3) is 4.15. The molecule has 2 heterocycles. The van der Waals surface area contributed by atoms with Gasteiger partial charge >= 0.3 is 0 Å². The molecule has 2 aromatic carbocycles. The van der Waals surface area contributed by atoms with E-state index in [0.29, 0.717) is 30.9 Å². The number of ether oxygens (including phenoxy) is 2. The predicted octanol–water partition coefficient (Wildman–Crippen LogP) is 4.58. The highest BCUT2D eigenvalue weighted by molar-refractivity contribution is 6.09. The van der Waals surface area contributed by atoms with Gasteiger partial charge in [-0.25, -0.2) is 0 Å². The summed E-state index contributed by atoms with van der Waals surface area (Å²) < 4.78 is 13.4. The molecule has 0 saturated heterocycles. The van der Waals surface area contributed by atoms with Crippen LogP contribution in [0.25, 0.3) is 10.9 Å². The van der Waals surface area contributed by atoms with Crippen LogP contribution in [0, 0.1) is 6.92 Å². The molecule has 1 atom stereocenters. The molecular formula is C25H28N2O4. The molecule has 3 aromatic rings. The number of ketones is 1. The van der Waals surface area contributed by atoms with Crippen molar-refractivity contribution in [2.24, 2.45) is 0 Å². The van der Waals surface area contributed by atoms with Gasteiger partial charge in [-0.15, -0.1) is 0 Å². The van der Waals surface area contributed by atoms with Crippen molar-refractivity contribution in [1.82, 2.24) is 9.88 Å². The number of aromatic nitrogens is 1. The number of nitrogens with one attached hydrogen (secondary N) is 1. The van der Waals surface area contributed by atoms with Gasteiger partial charge in [-0.3, -0.25) is 9.59 Å². The summed E-state index contributed by atoms with van der Waals surface area (Å²) in [5, 5.41) is 3.97. The van der Waals surface area contributed by atoms with Crippen LogP contribution in [0.3, 0.4) is 0 Å². The zero-order valence-corrected chi connectivity index (χ0v) is 18.2. The average molecular weight is 421 g/mol. The average Bonchev–Trinajstić information content (AvgIpc) is 2.92. The van der Waals surface area contributed by atoms with E-state index in [9.17, 15) is 9.59 Å². The Labute approximate surface area is 182 Å². The fraction of sp³-hybridized carbons (Fsp3) is 0.360. The van der Waals surface area contributed by atoms with Crippen LogP contribution in [0.4, 0.5) is 0 Å². The van der Waals surface area contributed by atoms with Gasteiger partial charge < -0.3 is 19.4 Å². The lowest BCUT2D eigenvalue weighted by Crippen LogP contribution is -2.30. The highest BCUT2D eigenvalue weighted by Crippen LogP contribution is 2.32. The van der Waals surface area contributed by atoms with Gasteiger partial charge in [0.2, 0.25) is 5.91 Å². The Hall–Kier alpha value is -3.28. The maximum Gasteiger partial charge on any atom is 0.240 e. The number of Topliss-reactive ketones (excluding diaryl/α,β-unsaturated/α-hetero) is 1. The second-order valence-electron chi connectivity index (χ2n) is 7.89. The molecule has 0 spiro atoms. The molecule has 0 fully saturated rings. The molecule has 0 aliphatic carbocycles. The van der Waals surface area contributed by atoms with Gasteiger partial charge in [-0.2, -0.15) is 0 Å². The van der Waals surface area contributed by atoms with Crippen LogP contribution in [0.1, 0.15) is 54.3 Å². The van der Waals surface area contributed by atoms with Crippen LogP contribution < -0.4 is 14.8 Å². The van der Waals surface area contributed by atoms with Crippen LogP contribution in [-0.4, -0.2) is 29.5 Å². The lowest BCUT2D eigenvalue weighted by Gasteiger charge is -2.17. The maximum absolute atomic E-state index is 12.9. The van der Waals surface area contributed by atoms with Gasteiger partial charge in [-0.1, -0.05) is 31.2 Å². The van der Waals surface area contributed by atoms with Crippen molar-refractivity contribution in [3.63, 3.8) is 0 Å². The molecule has 1 aliphatic heterocycles. The summed E-state index contributed by atoms with van der Waals surface area (Å²) in [5.41, 5.74) is 3.39. The molecule has 1 amide bonds. The summed E-state index contributed by atoms with van der Waals surface area (Å²) in [6.07, 6.45) is 1.28. The number of fused-ring (bicyclic) bond motifs is 2. The quantitative estimate of drug-likeness (QED) is 0.593. The van der Waals surface area contributed by atoms with Gasteiger partial charge in [0.15, 0.2) is 17.3 Å². The number of amides is 1. The number of nitrogens with zero attached hydrogens (tertiary/aromatic N) is 1. The number of hydrogen-bond donors (Lipinski definition) is 1. The second kappa shape index (κ2) is 8.84. The molecule has 6 heteroatoms. The van der Waals surface area contributed by atoms with Crippen molar-refractivity contribution in [3.8, 4) is 11.5 Å². The van der Waals surface area contributed by atoms with E-state index in [0.717, 1.165) is 34.3 Å². The first-order valence-electron chi connectivity index (χ1n) is 10.8. The molecule has 1 N–H and O–H groups in total. The van der Waals surface area contributed by atoms with Crippen molar-refractivity contribution in [2.45, 2.75) is 46.2 Å². The van der Waals surface area contributed by atoms with Crippen LogP contribution in [0.15, 0.2) is 42.5 Å². The Morgan fingerprint density at radius 1 is 1.10 bits per heavy atom. The maximum atomic E-state index is 12.9. The topological polar surface area (TPSA) is 69.6 Å². The minimum absolute atomic E-state index is 0.0911. The van der Waals surface area contributed by atoms with Crippen molar-refractivity contribution in [1.29, 1.82) is 0 Å². The minimum Gasteiger partial charge on any atom is -0.490 e. The van der Waals surface area contributed by atoms with Crippen LogP contribution in [0.5, 0.6) is 11.5 Å². The normalized spacial score (nSPS) is 14.2. The first kappa shape index (κ1) is 21.0. The van der Waals surface area contributed by atoms with Gasteiger partial charge in [0.1, 0.15) is 6.54 Å². The first-order chi connectivity index (χ1) is 15.0. The summed E-state index contributed by atoms with van der Waals surface area (Å²) in [6.45, 7) is 7.13. The third-order valence-electron chi connectivity index (χ3n) is 5.78. The molecular weight excluding hydrogens is 392 g/mol. The van der Waals surface area contributed by atoms with E-state index in [1.807, 2.05) is 67.8 Å². The minimum atomic E-state index is -0.191. The Bertz CT molecular complexity index is 1130. The zero-order valence-electron chi connectivity index (χ0n) is 18.2. The zero-order chi connectivity index (χ0) is 22.0. The highest BCUT2D eigenvalue weighted by Gasteiger charge is 2.21. The number of benzene rings is 2. The van der Waals surface area contributed by atoms with Crippen LogP contribution in [0.2, 0.25) is 0 Å². The predicted molar refractivity (Wildman–Crippen MR) is 120 cm³/mol. The SMILES string of the molecule is CCC(=O)c1c(C)n(CC(=O)NC(C)c2ccc3c(c2)OCCCO3)c2ccccc12. The number of para-hydroxylation sites is 1. The van der Waals surface area contributed by atoms with Crippen molar-refractivity contribution in [2.75, 3.05) is 13.2 Å². The molecule has 1 unspecified atom stereocenters. The molecule has 0 saturated carbocycles. The number of carbonyl (C=O) groups excluding carboxylic acids is 2. The van der Waals surface area contributed by atoms with Crippen molar-refractivity contribution < 1.29 is 19.1 Å². The largest absolute Gasteiger partial charge is 0.490 e. The van der Waals surface area contributed by atoms with E-state index < -0.39 is 0 Å². The number of hydrogen-bond acceptors (Lipinski definition) is 4.